The molecule has 0 bridgehead atoms. The molecule has 1 rings (SSSR count). The van der Waals surface area contributed by atoms with Crippen LogP contribution in [0.4, 0.5) is 0 Å². The zero-order valence-electron chi connectivity index (χ0n) is 10.9. The van der Waals surface area contributed by atoms with Gasteiger partial charge in [0.1, 0.15) is 0 Å². The molecule has 110 valence electrons. The van der Waals surface area contributed by atoms with Gasteiger partial charge in [-0.3, -0.25) is 14.5 Å². The minimum Gasteiger partial charge on any atom is -0.481 e. The third-order valence-electron chi connectivity index (χ3n) is 3.20. The Morgan fingerprint density at radius 1 is 1.21 bits per heavy atom. The number of aliphatic hydroxyl groups is 1. The summed E-state index contributed by atoms with van der Waals surface area (Å²) in [7, 11) is 0. The van der Waals surface area contributed by atoms with Gasteiger partial charge < -0.3 is 20.6 Å². The number of aliphatic hydroxyl groups excluding tert-OH is 1. The first-order valence-electron chi connectivity index (χ1n) is 6.51. The number of piperidine rings is 1. The lowest BCUT2D eigenvalue weighted by molar-refractivity contribution is -0.139. The molecule has 0 saturated carbocycles. The molecule has 0 radical (unpaired) electrons. The molecule has 0 aromatic rings. The molecule has 4 N–H and O–H groups in total. The number of aliphatic carboxylic acids is 2. The largest absolute Gasteiger partial charge is 0.481 e. The Labute approximate surface area is 112 Å². The van der Waals surface area contributed by atoms with Gasteiger partial charge in [0.15, 0.2) is 0 Å². The minimum absolute atomic E-state index is 0.0303. The van der Waals surface area contributed by atoms with E-state index in [0.717, 1.165) is 6.42 Å². The topological polar surface area (TPSA) is 110 Å². The van der Waals surface area contributed by atoms with Crippen LogP contribution in [-0.2, 0) is 9.59 Å². The molecule has 0 aromatic carbocycles. The van der Waals surface area contributed by atoms with Gasteiger partial charge in [0.25, 0.3) is 0 Å². The molecule has 0 aromatic heterocycles. The second-order valence-corrected chi connectivity index (χ2v) is 5.02. The van der Waals surface area contributed by atoms with Gasteiger partial charge in [-0.25, -0.2) is 0 Å². The summed E-state index contributed by atoms with van der Waals surface area (Å²) in [6.45, 7) is 1.82. The summed E-state index contributed by atoms with van der Waals surface area (Å²) in [6, 6.07) is 0.0870. The third-order valence-corrected chi connectivity index (χ3v) is 3.20. The maximum Gasteiger partial charge on any atom is 0.317 e. The van der Waals surface area contributed by atoms with Gasteiger partial charge in [-0.05, 0) is 25.3 Å². The number of carbonyl (C=O) groups is 2. The Balaban J connectivity index is 2.50. The van der Waals surface area contributed by atoms with Crippen LogP contribution in [0.25, 0.3) is 0 Å². The molecular weight excluding hydrogens is 252 g/mol. The molecular formula is C12H22N2O5. The van der Waals surface area contributed by atoms with Gasteiger partial charge in [0.05, 0.1) is 6.54 Å². The van der Waals surface area contributed by atoms with Crippen LogP contribution in [0.5, 0.6) is 0 Å². The lowest BCUT2D eigenvalue weighted by Gasteiger charge is -2.37. The standard InChI is InChI=1S/C12H22N2O5/c15-3-1-2-13-10-4-9(5-11(16)17)6-14(7-10)8-12(18)19/h9-10,13,15H,1-8H2,(H,16,17)(H,18,19). The molecule has 1 heterocycles. The summed E-state index contributed by atoms with van der Waals surface area (Å²) in [5.74, 6) is -1.78. The predicted molar refractivity (Wildman–Crippen MR) is 67.9 cm³/mol. The van der Waals surface area contributed by atoms with Crippen LogP contribution in [0.1, 0.15) is 19.3 Å². The molecule has 0 aliphatic carbocycles. The second kappa shape index (κ2) is 8.08. The maximum absolute atomic E-state index is 10.8. The van der Waals surface area contributed by atoms with E-state index in [0.29, 0.717) is 26.1 Å². The van der Waals surface area contributed by atoms with Crippen molar-refractivity contribution in [2.24, 2.45) is 5.92 Å². The van der Waals surface area contributed by atoms with Crippen molar-refractivity contribution in [2.45, 2.75) is 25.3 Å². The quantitative estimate of drug-likeness (QED) is 0.429. The Kier molecular flexibility index (Phi) is 6.75. The van der Waals surface area contributed by atoms with Crippen molar-refractivity contribution in [1.29, 1.82) is 0 Å². The van der Waals surface area contributed by atoms with Crippen LogP contribution in [0.3, 0.4) is 0 Å². The lowest BCUT2D eigenvalue weighted by Crippen LogP contribution is -2.51. The molecule has 1 aliphatic heterocycles. The predicted octanol–water partition coefficient (Wildman–Crippen LogP) is -0.792. The van der Waals surface area contributed by atoms with Gasteiger partial charge in [-0.2, -0.15) is 0 Å². The van der Waals surface area contributed by atoms with Crippen molar-refractivity contribution in [3.63, 3.8) is 0 Å². The third kappa shape index (κ3) is 6.51. The molecule has 7 nitrogen and oxygen atoms in total. The molecule has 2 atom stereocenters. The van der Waals surface area contributed by atoms with Crippen LogP contribution in [-0.4, -0.2) is 71.0 Å². The number of rotatable bonds is 8. The van der Waals surface area contributed by atoms with Gasteiger partial charge >= 0.3 is 11.9 Å². The van der Waals surface area contributed by atoms with Crippen LogP contribution >= 0.6 is 0 Å². The molecule has 2 unspecified atom stereocenters. The first-order valence-corrected chi connectivity index (χ1v) is 6.51. The fourth-order valence-electron chi connectivity index (χ4n) is 2.55. The Bertz CT molecular complexity index is 286. The normalized spacial score (nSPS) is 24.3. The number of hydrogen-bond donors (Lipinski definition) is 4. The van der Waals surface area contributed by atoms with E-state index in [-0.39, 0.29) is 31.5 Å². The number of carboxylic acids is 2. The summed E-state index contributed by atoms with van der Waals surface area (Å²) < 4.78 is 0. The smallest absolute Gasteiger partial charge is 0.317 e. The minimum atomic E-state index is -0.898. The van der Waals surface area contributed by atoms with Crippen molar-refractivity contribution in [2.75, 3.05) is 32.8 Å². The fourth-order valence-corrected chi connectivity index (χ4v) is 2.55. The van der Waals surface area contributed by atoms with E-state index < -0.39 is 11.9 Å². The van der Waals surface area contributed by atoms with Gasteiger partial charge in [0.2, 0.25) is 0 Å². The Hall–Kier alpha value is -1.18. The van der Waals surface area contributed by atoms with Crippen molar-refractivity contribution >= 4 is 11.9 Å². The molecule has 0 amide bonds. The molecule has 7 heteroatoms. The molecule has 1 saturated heterocycles. The summed E-state index contributed by atoms with van der Waals surface area (Å²) in [5, 5.41) is 29.6. The summed E-state index contributed by atoms with van der Waals surface area (Å²) in [5.41, 5.74) is 0. The second-order valence-electron chi connectivity index (χ2n) is 5.02. The monoisotopic (exact) mass is 274 g/mol. The first-order chi connectivity index (χ1) is 9.01. The molecule has 1 aliphatic rings. The van der Waals surface area contributed by atoms with Crippen LogP contribution < -0.4 is 5.32 Å². The van der Waals surface area contributed by atoms with Crippen molar-refractivity contribution in [3.05, 3.63) is 0 Å². The number of carboxylic acid groups (broad SMARTS) is 2. The molecule has 19 heavy (non-hydrogen) atoms. The van der Waals surface area contributed by atoms with E-state index in [9.17, 15) is 9.59 Å². The Morgan fingerprint density at radius 2 is 1.95 bits per heavy atom. The average Bonchev–Trinajstić information content (AvgIpc) is 2.27. The van der Waals surface area contributed by atoms with Crippen LogP contribution in [0, 0.1) is 5.92 Å². The fraction of sp³-hybridized carbons (Fsp3) is 0.833. The highest BCUT2D eigenvalue weighted by Gasteiger charge is 2.29. The molecule has 1 fully saturated rings. The van der Waals surface area contributed by atoms with Gasteiger partial charge in [0, 0.05) is 32.2 Å². The van der Waals surface area contributed by atoms with Crippen LogP contribution in [0.15, 0.2) is 0 Å². The number of nitrogens with zero attached hydrogens (tertiary/aromatic N) is 1. The maximum atomic E-state index is 10.8. The van der Waals surface area contributed by atoms with Gasteiger partial charge in [-0.15, -0.1) is 0 Å². The van der Waals surface area contributed by atoms with Crippen molar-refractivity contribution < 1.29 is 24.9 Å². The lowest BCUT2D eigenvalue weighted by atomic mass is 9.91. The number of nitrogens with one attached hydrogen (secondary N) is 1. The highest BCUT2D eigenvalue weighted by Crippen LogP contribution is 2.20. The average molecular weight is 274 g/mol. The van der Waals surface area contributed by atoms with E-state index in [1.807, 2.05) is 0 Å². The van der Waals surface area contributed by atoms with E-state index in [1.165, 1.54) is 0 Å². The van der Waals surface area contributed by atoms with Crippen molar-refractivity contribution in [1.82, 2.24) is 10.2 Å². The first kappa shape index (κ1) is 15.9. The van der Waals surface area contributed by atoms with E-state index >= 15 is 0 Å². The van der Waals surface area contributed by atoms with Gasteiger partial charge in [-0.1, -0.05) is 0 Å². The summed E-state index contributed by atoms with van der Waals surface area (Å²) in [6.07, 6.45) is 1.43. The zero-order chi connectivity index (χ0) is 14.3. The van der Waals surface area contributed by atoms with E-state index in [2.05, 4.69) is 5.32 Å². The van der Waals surface area contributed by atoms with E-state index in [4.69, 9.17) is 15.3 Å². The summed E-state index contributed by atoms with van der Waals surface area (Å²) >= 11 is 0. The number of likely N-dealkylation sites (tertiary alicyclic amines) is 1. The number of hydrogen-bond acceptors (Lipinski definition) is 5. The van der Waals surface area contributed by atoms with E-state index in [1.54, 1.807) is 4.90 Å². The Morgan fingerprint density at radius 3 is 2.53 bits per heavy atom. The zero-order valence-corrected chi connectivity index (χ0v) is 10.9. The van der Waals surface area contributed by atoms with Crippen molar-refractivity contribution in [3.8, 4) is 0 Å². The highest BCUT2D eigenvalue weighted by molar-refractivity contribution is 5.69. The SMILES string of the molecule is O=C(O)CC1CC(NCCCO)CN(CC(=O)O)C1. The summed E-state index contributed by atoms with van der Waals surface area (Å²) in [4.78, 5) is 23.3. The van der Waals surface area contributed by atoms with Crippen LogP contribution in [0.2, 0.25) is 0 Å². The molecule has 0 spiro atoms. The highest BCUT2D eigenvalue weighted by atomic mass is 16.4.